The van der Waals surface area contributed by atoms with E-state index in [1.54, 1.807) is 42.2 Å². The standard InChI is InChI=1S/C25H32N4O4S/c1-16-6-8-19(9-7-16)34(31,32)29-17(2)27-23-21(29)11-10-20(22(23)26)18-12-14-28(15-13-18)24(30)33-25(3,4)5/h6-11,18H,12-15,26H2,1-5H3. The molecule has 3 aromatic rings. The van der Waals surface area contributed by atoms with E-state index >= 15 is 0 Å². The highest BCUT2D eigenvalue weighted by Crippen LogP contribution is 2.37. The van der Waals surface area contributed by atoms with Gasteiger partial charge in [0.25, 0.3) is 10.0 Å². The van der Waals surface area contributed by atoms with Gasteiger partial charge in [0.2, 0.25) is 0 Å². The number of hydrogen-bond acceptors (Lipinski definition) is 6. The van der Waals surface area contributed by atoms with E-state index in [2.05, 4.69) is 4.98 Å². The number of nitrogens with two attached hydrogens (primary N) is 1. The average Bonchev–Trinajstić information content (AvgIpc) is 3.11. The van der Waals surface area contributed by atoms with E-state index in [1.165, 1.54) is 3.97 Å². The topological polar surface area (TPSA) is 108 Å². The maximum absolute atomic E-state index is 13.4. The molecule has 1 aliphatic rings. The van der Waals surface area contributed by atoms with Gasteiger partial charge >= 0.3 is 6.09 Å². The van der Waals surface area contributed by atoms with Crippen LogP contribution < -0.4 is 5.73 Å². The number of anilines is 1. The van der Waals surface area contributed by atoms with Crippen LogP contribution in [0.25, 0.3) is 11.0 Å². The van der Waals surface area contributed by atoms with Crippen molar-refractivity contribution in [1.82, 2.24) is 13.9 Å². The van der Waals surface area contributed by atoms with Gasteiger partial charge < -0.3 is 15.4 Å². The van der Waals surface area contributed by atoms with Crippen molar-refractivity contribution in [3.05, 3.63) is 53.3 Å². The van der Waals surface area contributed by atoms with Gasteiger partial charge in [0.15, 0.2) is 0 Å². The van der Waals surface area contributed by atoms with Gasteiger partial charge in [0.1, 0.15) is 16.9 Å². The van der Waals surface area contributed by atoms with Crippen molar-refractivity contribution in [2.75, 3.05) is 18.8 Å². The third-order valence-electron chi connectivity index (χ3n) is 6.16. The van der Waals surface area contributed by atoms with Crippen LogP contribution in [-0.2, 0) is 14.8 Å². The molecule has 0 aliphatic carbocycles. The zero-order valence-electron chi connectivity index (χ0n) is 20.3. The lowest BCUT2D eigenvalue weighted by molar-refractivity contribution is 0.0205. The number of piperidine rings is 1. The zero-order chi connectivity index (χ0) is 24.8. The Morgan fingerprint density at radius 3 is 2.26 bits per heavy atom. The monoisotopic (exact) mass is 484 g/mol. The number of likely N-dealkylation sites (tertiary alicyclic amines) is 1. The minimum Gasteiger partial charge on any atom is -0.444 e. The summed E-state index contributed by atoms with van der Waals surface area (Å²) in [5.41, 5.74) is 9.37. The molecule has 2 heterocycles. The second-order valence-electron chi connectivity index (χ2n) is 9.92. The van der Waals surface area contributed by atoms with Gasteiger partial charge in [-0.3, -0.25) is 0 Å². The van der Waals surface area contributed by atoms with Gasteiger partial charge in [-0.25, -0.2) is 22.2 Å². The molecule has 0 saturated carbocycles. The first-order chi connectivity index (χ1) is 15.9. The highest BCUT2D eigenvalue weighted by molar-refractivity contribution is 7.90. The Morgan fingerprint density at radius 1 is 1.06 bits per heavy atom. The van der Waals surface area contributed by atoms with Gasteiger partial charge in [0.05, 0.1) is 16.1 Å². The fourth-order valence-corrected chi connectivity index (χ4v) is 5.94. The molecule has 0 unspecified atom stereocenters. The van der Waals surface area contributed by atoms with Gasteiger partial charge in [-0.05, 0) is 77.1 Å². The maximum atomic E-state index is 13.4. The van der Waals surface area contributed by atoms with E-state index in [1.807, 2.05) is 33.8 Å². The first kappa shape index (κ1) is 24.1. The number of nitrogen functional groups attached to an aromatic ring is 1. The van der Waals surface area contributed by atoms with Crippen molar-refractivity contribution in [2.45, 2.75) is 63.9 Å². The predicted octanol–water partition coefficient (Wildman–Crippen LogP) is 4.59. The number of carbonyl (C=O) groups is 1. The molecule has 9 heteroatoms. The van der Waals surface area contributed by atoms with E-state index in [-0.39, 0.29) is 16.9 Å². The molecule has 1 fully saturated rings. The Kier molecular flexibility index (Phi) is 6.10. The van der Waals surface area contributed by atoms with Crippen molar-refractivity contribution in [3.8, 4) is 0 Å². The third-order valence-corrected chi connectivity index (χ3v) is 7.97. The molecule has 4 rings (SSSR count). The molecule has 2 N–H and O–H groups in total. The number of ether oxygens (including phenoxy) is 1. The number of amides is 1. The lowest BCUT2D eigenvalue weighted by atomic mass is 9.88. The quantitative estimate of drug-likeness (QED) is 0.545. The van der Waals surface area contributed by atoms with E-state index in [4.69, 9.17) is 10.5 Å². The second-order valence-corrected chi connectivity index (χ2v) is 11.7. The molecule has 34 heavy (non-hydrogen) atoms. The van der Waals surface area contributed by atoms with Crippen LogP contribution in [-0.4, -0.2) is 47.1 Å². The Morgan fingerprint density at radius 2 is 1.68 bits per heavy atom. The van der Waals surface area contributed by atoms with Crippen LogP contribution in [0.5, 0.6) is 0 Å². The maximum Gasteiger partial charge on any atom is 0.410 e. The Bertz CT molecular complexity index is 1330. The van der Waals surface area contributed by atoms with Crippen molar-refractivity contribution in [1.29, 1.82) is 0 Å². The summed E-state index contributed by atoms with van der Waals surface area (Å²) in [7, 11) is -3.82. The molecule has 2 aromatic carbocycles. The molecule has 1 aliphatic heterocycles. The molecule has 1 saturated heterocycles. The highest BCUT2D eigenvalue weighted by atomic mass is 32.2. The number of carbonyl (C=O) groups excluding carboxylic acids is 1. The van der Waals surface area contributed by atoms with Crippen LogP contribution in [0.2, 0.25) is 0 Å². The number of rotatable bonds is 3. The normalized spacial score (nSPS) is 15.6. The summed E-state index contributed by atoms with van der Waals surface area (Å²) in [4.78, 5) is 18.8. The average molecular weight is 485 g/mol. The van der Waals surface area contributed by atoms with E-state index in [0.717, 1.165) is 24.0 Å². The van der Waals surface area contributed by atoms with E-state index in [0.29, 0.717) is 35.6 Å². The fraction of sp³-hybridized carbons (Fsp3) is 0.440. The summed E-state index contributed by atoms with van der Waals surface area (Å²) >= 11 is 0. The number of hydrogen-bond donors (Lipinski definition) is 1. The molecular weight excluding hydrogens is 452 g/mol. The van der Waals surface area contributed by atoms with Crippen molar-refractivity contribution in [2.24, 2.45) is 0 Å². The summed E-state index contributed by atoms with van der Waals surface area (Å²) < 4.78 is 33.5. The highest BCUT2D eigenvalue weighted by Gasteiger charge is 2.30. The first-order valence-electron chi connectivity index (χ1n) is 11.5. The van der Waals surface area contributed by atoms with Gasteiger partial charge in [0, 0.05) is 13.1 Å². The van der Waals surface area contributed by atoms with Crippen LogP contribution in [0.1, 0.15) is 56.5 Å². The van der Waals surface area contributed by atoms with Gasteiger partial charge in [-0.1, -0.05) is 23.8 Å². The summed E-state index contributed by atoms with van der Waals surface area (Å²) in [6, 6.07) is 10.4. The Labute approximate surface area is 200 Å². The number of nitrogens with zero attached hydrogens (tertiary/aromatic N) is 3. The van der Waals surface area contributed by atoms with Crippen LogP contribution in [0.4, 0.5) is 10.5 Å². The number of benzene rings is 2. The van der Waals surface area contributed by atoms with Crippen molar-refractivity contribution < 1.29 is 17.9 Å². The molecule has 0 bridgehead atoms. The lowest BCUT2D eigenvalue weighted by Gasteiger charge is -2.34. The number of aryl methyl sites for hydroxylation is 2. The molecule has 0 atom stereocenters. The molecule has 1 aromatic heterocycles. The lowest BCUT2D eigenvalue weighted by Crippen LogP contribution is -2.41. The first-order valence-corrected chi connectivity index (χ1v) is 12.9. The van der Waals surface area contributed by atoms with Crippen LogP contribution in [0, 0.1) is 13.8 Å². The van der Waals surface area contributed by atoms with Gasteiger partial charge in [-0.2, -0.15) is 0 Å². The molecule has 0 spiro atoms. The minimum atomic E-state index is -3.82. The van der Waals surface area contributed by atoms with Crippen molar-refractivity contribution in [3.63, 3.8) is 0 Å². The molecule has 1 amide bonds. The largest absolute Gasteiger partial charge is 0.444 e. The smallest absolute Gasteiger partial charge is 0.410 e. The van der Waals surface area contributed by atoms with Gasteiger partial charge in [-0.15, -0.1) is 0 Å². The van der Waals surface area contributed by atoms with Crippen LogP contribution in [0.15, 0.2) is 41.3 Å². The minimum absolute atomic E-state index is 0.155. The summed E-state index contributed by atoms with van der Waals surface area (Å²) in [5, 5.41) is 0. The zero-order valence-corrected chi connectivity index (χ0v) is 21.1. The van der Waals surface area contributed by atoms with Crippen LogP contribution in [0.3, 0.4) is 0 Å². The Hall–Kier alpha value is -3.07. The predicted molar refractivity (Wildman–Crippen MR) is 132 cm³/mol. The van der Waals surface area contributed by atoms with Crippen molar-refractivity contribution >= 4 is 32.8 Å². The number of imidazole rings is 1. The second kappa shape index (κ2) is 8.61. The summed E-state index contributed by atoms with van der Waals surface area (Å²) in [6.45, 7) is 10.3. The third kappa shape index (κ3) is 4.49. The molecule has 182 valence electrons. The number of fused-ring (bicyclic) bond motifs is 1. The molecule has 8 nitrogen and oxygen atoms in total. The molecular formula is C25H32N4O4S. The fourth-order valence-electron chi connectivity index (χ4n) is 4.45. The van der Waals surface area contributed by atoms with E-state index < -0.39 is 15.6 Å². The number of aromatic nitrogens is 2. The van der Waals surface area contributed by atoms with E-state index in [9.17, 15) is 13.2 Å². The summed E-state index contributed by atoms with van der Waals surface area (Å²) in [5.74, 6) is 0.515. The van der Waals surface area contributed by atoms with Crippen LogP contribution >= 0.6 is 0 Å². The SMILES string of the molecule is Cc1ccc(S(=O)(=O)n2c(C)nc3c(N)c(C4CCN(C(=O)OC(C)(C)C)CC4)ccc32)cc1. The Balaban J connectivity index is 1.62. The molecule has 0 radical (unpaired) electrons. The summed E-state index contributed by atoms with van der Waals surface area (Å²) in [6.07, 6.45) is 1.19.